The van der Waals surface area contributed by atoms with Crippen LogP contribution >= 0.6 is 0 Å². The monoisotopic (exact) mass is 402 g/mol. The van der Waals surface area contributed by atoms with E-state index < -0.39 is 0 Å². The fraction of sp³-hybridized carbons (Fsp3) is 0.143. The normalized spacial score (nSPS) is 20.2. The summed E-state index contributed by atoms with van der Waals surface area (Å²) in [5.74, 6) is 0.435. The van der Waals surface area contributed by atoms with E-state index in [0.717, 1.165) is 39.7 Å². The first-order valence-corrected chi connectivity index (χ1v) is 10.8. The molecule has 0 spiro atoms. The average Bonchev–Trinajstić information content (AvgIpc) is 2.84. The topological polar surface area (TPSA) is 42.0 Å². The lowest BCUT2D eigenvalue weighted by molar-refractivity contribution is -0.116. The van der Waals surface area contributed by atoms with E-state index in [-0.39, 0.29) is 17.7 Å². The Labute approximate surface area is 181 Å². The van der Waals surface area contributed by atoms with Crippen molar-refractivity contribution in [3.05, 3.63) is 113 Å². The molecule has 1 aromatic heterocycles. The molecule has 31 heavy (non-hydrogen) atoms. The molecule has 0 fully saturated rings. The third-order valence-electron chi connectivity index (χ3n) is 6.59. The van der Waals surface area contributed by atoms with Crippen LogP contribution in [0.1, 0.15) is 41.5 Å². The molecule has 3 heteroatoms. The SMILES string of the molecule is O=C1CC(c2ccccc2)CC2=C1C(c1ccccc1)Nc1ccc3ncccc3c12. The highest BCUT2D eigenvalue weighted by Gasteiger charge is 2.38. The van der Waals surface area contributed by atoms with E-state index in [1.54, 1.807) is 0 Å². The van der Waals surface area contributed by atoms with Gasteiger partial charge in [-0.05, 0) is 47.2 Å². The Morgan fingerprint density at radius 3 is 2.29 bits per heavy atom. The zero-order valence-corrected chi connectivity index (χ0v) is 17.1. The first kappa shape index (κ1) is 18.1. The minimum Gasteiger partial charge on any atom is -0.373 e. The van der Waals surface area contributed by atoms with Crippen LogP contribution in [0.5, 0.6) is 0 Å². The van der Waals surface area contributed by atoms with E-state index in [9.17, 15) is 4.79 Å². The molecular weight excluding hydrogens is 380 g/mol. The summed E-state index contributed by atoms with van der Waals surface area (Å²) in [5.41, 5.74) is 7.63. The molecule has 6 rings (SSSR count). The quantitative estimate of drug-likeness (QED) is 0.428. The molecule has 0 amide bonds. The van der Waals surface area contributed by atoms with Crippen molar-refractivity contribution >= 4 is 27.9 Å². The molecule has 4 aromatic rings. The molecule has 3 aromatic carbocycles. The number of Topliss-reactive ketones (excluding diaryl/α,β-unsaturated/α-hetero) is 1. The number of hydrogen-bond acceptors (Lipinski definition) is 3. The molecule has 0 saturated heterocycles. The lowest BCUT2D eigenvalue weighted by Gasteiger charge is -2.37. The number of nitrogens with zero attached hydrogens (tertiary/aromatic N) is 1. The minimum atomic E-state index is -0.123. The van der Waals surface area contributed by atoms with Crippen LogP contribution in [0, 0.1) is 0 Å². The molecule has 0 saturated carbocycles. The molecule has 1 N–H and O–H groups in total. The summed E-state index contributed by atoms with van der Waals surface area (Å²) in [4.78, 5) is 18.2. The fourth-order valence-electron chi connectivity index (χ4n) is 5.18. The van der Waals surface area contributed by atoms with Gasteiger partial charge in [0, 0.05) is 34.8 Å². The third-order valence-corrected chi connectivity index (χ3v) is 6.59. The molecule has 150 valence electrons. The number of fused-ring (bicyclic) bond motifs is 4. The van der Waals surface area contributed by atoms with Gasteiger partial charge in [-0.2, -0.15) is 0 Å². The zero-order chi connectivity index (χ0) is 20.8. The van der Waals surface area contributed by atoms with Crippen LogP contribution in [0.3, 0.4) is 0 Å². The van der Waals surface area contributed by atoms with Crippen LogP contribution in [0.4, 0.5) is 5.69 Å². The lowest BCUT2D eigenvalue weighted by atomic mass is 9.72. The Hall–Kier alpha value is -3.72. The number of nitrogens with one attached hydrogen (secondary N) is 1. The highest BCUT2D eigenvalue weighted by molar-refractivity contribution is 6.12. The van der Waals surface area contributed by atoms with Gasteiger partial charge in [0.2, 0.25) is 0 Å². The molecular formula is C28H22N2O. The second kappa shape index (κ2) is 7.21. The Morgan fingerprint density at radius 1 is 0.774 bits per heavy atom. The number of allylic oxidation sites excluding steroid dienone is 1. The zero-order valence-electron chi connectivity index (χ0n) is 17.1. The van der Waals surface area contributed by atoms with Crippen molar-refractivity contribution in [3.8, 4) is 0 Å². The number of rotatable bonds is 2. The molecule has 0 bridgehead atoms. The summed E-state index contributed by atoms with van der Waals surface area (Å²) in [6, 6.07) is 28.9. The van der Waals surface area contributed by atoms with E-state index in [2.05, 4.69) is 64.9 Å². The molecule has 1 aliphatic carbocycles. The average molecular weight is 402 g/mol. The Morgan fingerprint density at radius 2 is 1.52 bits per heavy atom. The largest absolute Gasteiger partial charge is 0.373 e. The standard InChI is InChI=1S/C28H22N2O/c31-25-17-20(18-8-3-1-4-9-18)16-22-26-21-12-7-15-29-23(21)13-14-24(26)30-28(27(22)25)19-10-5-2-6-11-19/h1-15,20,28,30H,16-17H2. The summed E-state index contributed by atoms with van der Waals surface area (Å²) < 4.78 is 0. The van der Waals surface area contributed by atoms with Crippen molar-refractivity contribution in [2.45, 2.75) is 24.8 Å². The van der Waals surface area contributed by atoms with Gasteiger partial charge in [-0.1, -0.05) is 66.7 Å². The summed E-state index contributed by atoms with van der Waals surface area (Å²) in [6.07, 6.45) is 3.23. The summed E-state index contributed by atoms with van der Waals surface area (Å²) in [5, 5.41) is 4.79. The van der Waals surface area contributed by atoms with Crippen LogP contribution in [-0.2, 0) is 4.79 Å². The minimum absolute atomic E-state index is 0.123. The summed E-state index contributed by atoms with van der Waals surface area (Å²) >= 11 is 0. The Bertz CT molecular complexity index is 1330. The van der Waals surface area contributed by atoms with Gasteiger partial charge in [0.1, 0.15) is 0 Å². The van der Waals surface area contributed by atoms with Crippen molar-refractivity contribution in [2.75, 3.05) is 5.32 Å². The lowest BCUT2D eigenvalue weighted by Crippen LogP contribution is -2.29. The number of benzene rings is 3. The predicted molar refractivity (Wildman–Crippen MR) is 125 cm³/mol. The van der Waals surface area contributed by atoms with E-state index in [0.29, 0.717) is 6.42 Å². The van der Waals surface area contributed by atoms with E-state index in [1.165, 1.54) is 11.1 Å². The number of carbonyl (C=O) groups is 1. The van der Waals surface area contributed by atoms with E-state index in [4.69, 9.17) is 0 Å². The maximum Gasteiger partial charge on any atom is 0.162 e. The maximum absolute atomic E-state index is 13.6. The number of ketones is 1. The van der Waals surface area contributed by atoms with Crippen molar-refractivity contribution in [2.24, 2.45) is 0 Å². The van der Waals surface area contributed by atoms with Crippen LogP contribution in [-0.4, -0.2) is 10.8 Å². The summed E-state index contributed by atoms with van der Waals surface area (Å²) in [7, 11) is 0. The second-order valence-electron chi connectivity index (χ2n) is 8.38. The van der Waals surface area contributed by atoms with Gasteiger partial charge in [0.25, 0.3) is 0 Å². The predicted octanol–water partition coefficient (Wildman–Crippen LogP) is 6.30. The number of carbonyl (C=O) groups excluding carboxylic acids is 1. The molecule has 3 nitrogen and oxygen atoms in total. The van der Waals surface area contributed by atoms with Crippen LogP contribution in [0.2, 0.25) is 0 Å². The first-order chi connectivity index (χ1) is 15.3. The smallest absolute Gasteiger partial charge is 0.162 e. The van der Waals surface area contributed by atoms with Crippen molar-refractivity contribution in [1.82, 2.24) is 4.98 Å². The maximum atomic E-state index is 13.6. The molecule has 2 heterocycles. The first-order valence-electron chi connectivity index (χ1n) is 10.8. The third kappa shape index (κ3) is 2.97. The highest BCUT2D eigenvalue weighted by atomic mass is 16.1. The molecule has 2 aliphatic rings. The van der Waals surface area contributed by atoms with Crippen molar-refractivity contribution in [3.63, 3.8) is 0 Å². The fourth-order valence-corrected chi connectivity index (χ4v) is 5.18. The van der Waals surface area contributed by atoms with Crippen molar-refractivity contribution in [1.29, 1.82) is 0 Å². The van der Waals surface area contributed by atoms with Gasteiger partial charge < -0.3 is 5.32 Å². The van der Waals surface area contributed by atoms with Gasteiger partial charge in [-0.25, -0.2) is 0 Å². The second-order valence-corrected chi connectivity index (χ2v) is 8.38. The van der Waals surface area contributed by atoms with Crippen LogP contribution in [0.25, 0.3) is 16.5 Å². The highest BCUT2D eigenvalue weighted by Crippen LogP contribution is 2.50. The van der Waals surface area contributed by atoms with E-state index >= 15 is 0 Å². The van der Waals surface area contributed by atoms with E-state index in [1.807, 2.05) is 36.5 Å². The molecule has 1 aliphatic heterocycles. The molecule has 0 radical (unpaired) electrons. The van der Waals surface area contributed by atoms with Gasteiger partial charge in [-0.15, -0.1) is 0 Å². The van der Waals surface area contributed by atoms with Crippen LogP contribution in [0.15, 0.2) is 96.7 Å². The van der Waals surface area contributed by atoms with Crippen molar-refractivity contribution < 1.29 is 4.79 Å². The van der Waals surface area contributed by atoms with Crippen LogP contribution < -0.4 is 5.32 Å². The Kier molecular flexibility index (Phi) is 4.20. The molecule has 2 atom stereocenters. The van der Waals surface area contributed by atoms with Gasteiger partial charge in [0.15, 0.2) is 5.78 Å². The van der Waals surface area contributed by atoms with Gasteiger partial charge in [0.05, 0.1) is 11.6 Å². The number of hydrogen-bond donors (Lipinski definition) is 1. The summed E-state index contributed by atoms with van der Waals surface area (Å²) in [6.45, 7) is 0. The Balaban J connectivity index is 1.59. The number of anilines is 1. The number of pyridine rings is 1. The van der Waals surface area contributed by atoms with Gasteiger partial charge >= 0.3 is 0 Å². The number of aromatic nitrogens is 1. The molecule has 2 unspecified atom stereocenters. The van der Waals surface area contributed by atoms with Gasteiger partial charge in [-0.3, -0.25) is 9.78 Å².